The quantitative estimate of drug-likeness (QED) is 0.386. The lowest BCUT2D eigenvalue weighted by Crippen LogP contribution is -2.58. The molecule has 0 radical (unpaired) electrons. The Hall–Kier alpha value is -2.54. The number of primary amides is 1. The van der Waals surface area contributed by atoms with E-state index in [1.165, 1.54) is 13.8 Å². The molecule has 1 amide bonds. The van der Waals surface area contributed by atoms with Crippen LogP contribution in [-0.2, 0) is 25.8 Å². The summed E-state index contributed by atoms with van der Waals surface area (Å²) in [4.78, 5) is 34.6. The molecule has 4 saturated carbocycles. The number of carbonyl (C=O) groups excluding carboxylic acids is 2. The minimum Gasteiger partial charge on any atom is -0.369 e. The highest BCUT2D eigenvalue weighted by molar-refractivity contribution is 7.89. The van der Waals surface area contributed by atoms with Gasteiger partial charge in [0.15, 0.2) is 5.78 Å². The number of alkyl halides is 3. The Labute approximate surface area is 206 Å². The Balaban J connectivity index is 1.57. The number of nitro groups is 1. The number of halogens is 3. The van der Waals surface area contributed by atoms with Crippen LogP contribution >= 0.6 is 0 Å². The second-order valence-electron chi connectivity index (χ2n) is 11.4. The van der Waals surface area contributed by atoms with Crippen LogP contribution in [0.2, 0.25) is 0 Å². The van der Waals surface area contributed by atoms with Crippen LogP contribution < -0.4 is 10.5 Å². The summed E-state index contributed by atoms with van der Waals surface area (Å²) in [5.41, 5.74) is -0.0376. The van der Waals surface area contributed by atoms with Crippen LogP contribution in [0.4, 0.5) is 18.9 Å². The third-order valence-corrected chi connectivity index (χ3v) is 9.76. The summed E-state index contributed by atoms with van der Waals surface area (Å²) in [6.07, 6.45) is -0.822. The molecule has 0 aliphatic heterocycles. The average Bonchev–Trinajstić information content (AvgIpc) is 2.70. The topological polar surface area (TPSA) is 149 Å². The van der Waals surface area contributed by atoms with E-state index in [1.54, 1.807) is 0 Å². The first-order valence-electron chi connectivity index (χ1n) is 11.6. The third kappa shape index (κ3) is 4.62. The smallest absolute Gasteiger partial charge is 0.369 e. The lowest BCUT2D eigenvalue weighted by molar-refractivity contribution is -0.388. The van der Waals surface area contributed by atoms with E-state index in [0.717, 1.165) is 19.3 Å². The summed E-state index contributed by atoms with van der Waals surface area (Å²) in [7, 11) is -4.65. The minimum atomic E-state index is -5.16. The number of nitrogens with zero attached hydrogens (tertiary/aromatic N) is 1. The number of benzene rings is 1. The molecule has 0 saturated heterocycles. The molecule has 36 heavy (non-hydrogen) atoms. The number of nitrogens with one attached hydrogen (secondary N) is 1. The minimum absolute atomic E-state index is 0.0125. The van der Waals surface area contributed by atoms with E-state index in [1.807, 2.05) is 0 Å². The van der Waals surface area contributed by atoms with Gasteiger partial charge in [0.1, 0.15) is 5.56 Å². The van der Waals surface area contributed by atoms with Gasteiger partial charge < -0.3 is 5.73 Å². The van der Waals surface area contributed by atoms with Gasteiger partial charge in [-0.1, -0.05) is 0 Å². The van der Waals surface area contributed by atoms with Crippen molar-refractivity contribution in [2.75, 3.05) is 0 Å². The molecule has 13 heteroatoms. The van der Waals surface area contributed by atoms with Crippen molar-refractivity contribution in [1.82, 2.24) is 4.72 Å². The predicted molar refractivity (Wildman–Crippen MR) is 121 cm³/mol. The van der Waals surface area contributed by atoms with E-state index < -0.39 is 59.4 Å². The SMILES string of the molecule is CC(C)(NS(=O)(=O)c1ccc([N+](=O)[O-])c(C(F)(F)F)c1)C(=O)CC12CC3CC(C1)CC(C(N)=O)(C3)C2. The van der Waals surface area contributed by atoms with Crippen LogP contribution in [-0.4, -0.2) is 30.6 Å². The first-order chi connectivity index (χ1) is 16.4. The maximum Gasteiger partial charge on any atom is 0.423 e. The number of nitrogens with two attached hydrogens (primary N) is 1. The van der Waals surface area contributed by atoms with Crippen molar-refractivity contribution in [2.24, 2.45) is 28.4 Å². The Morgan fingerprint density at radius 3 is 2.25 bits per heavy atom. The van der Waals surface area contributed by atoms with Crippen LogP contribution in [0.15, 0.2) is 23.1 Å². The number of sulfonamides is 1. The van der Waals surface area contributed by atoms with Crippen molar-refractivity contribution >= 4 is 27.4 Å². The first kappa shape index (κ1) is 26.5. The van der Waals surface area contributed by atoms with Crippen molar-refractivity contribution in [3.63, 3.8) is 0 Å². The molecule has 1 aromatic rings. The third-order valence-electron chi connectivity index (χ3n) is 8.11. The summed E-state index contributed by atoms with van der Waals surface area (Å²) in [6, 6.07) is 1.37. The standard InChI is InChI=1S/C23H28F3N3O6S/c1-20(2,28-36(34,35)15-3-4-17(29(32)33)16(6-15)23(24,25)26)18(30)11-21-7-13-5-14(8-21)10-22(9-13,12-21)19(27)31/h3-4,6,13-14,28H,5,7-12H2,1-2H3,(H2,27,31). The van der Waals surface area contributed by atoms with Gasteiger partial charge in [0, 0.05) is 12.5 Å². The van der Waals surface area contributed by atoms with Crippen molar-refractivity contribution in [1.29, 1.82) is 0 Å². The van der Waals surface area contributed by atoms with Gasteiger partial charge in [-0.15, -0.1) is 0 Å². The fraction of sp³-hybridized carbons (Fsp3) is 0.652. The van der Waals surface area contributed by atoms with E-state index in [4.69, 9.17) is 5.73 Å². The highest BCUT2D eigenvalue weighted by Crippen LogP contribution is 2.66. The number of hydrogen-bond acceptors (Lipinski definition) is 6. The Kier molecular flexibility index (Phi) is 6.07. The second-order valence-corrected chi connectivity index (χ2v) is 13.1. The number of ketones is 1. The highest BCUT2D eigenvalue weighted by Gasteiger charge is 2.60. The number of amides is 1. The Bertz CT molecular complexity index is 1230. The zero-order valence-corrected chi connectivity index (χ0v) is 20.7. The van der Waals surface area contributed by atoms with Gasteiger partial charge in [-0.3, -0.25) is 19.7 Å². The number of carbonyl (C=O) groups is 2. The molecule has 3 N–H and O–H groups in total. The zero-order valence-electron chi connectivity index (χ0n) is 19.9. The molecule has 0 heterocycles. The molecule has 4 aliphatic carbocycles. The molecular weight excluding hydrogens is 503 g/mol. The van der Waals surface area contributed by atoms with E-state index in [2.05, 4.69) is 4.72 Å². The van der Waals surface area contributed by atoms with Crippen molar-refractivity contribution < 1.29 is 36.1 Å². The maximum atomic E-state index is 13.4. The molecule has 1 aromatic carbocycles. The van der Waals surface area contributed by atoms with Gasteiger partial charge in [-0.25, -0.2) is 8.42 Å². The summed E-state index contributed by atoms with van der Waals surface area (Å²) >= 11 is 0. The number of nitro benzene ring substituents is 1. The summed E-state index contributed by atoms with van der Waals surface area (Å²) in [6.45, 7) is 2.65. The number of Topliss-reactive ketones (excluding diaryl/α,β-unsaturated/α-hetero) is 1. The molecular formula is C23H28F3N3O6S. The van der Waals surface area contributed by atoms with Gasteiger partial charge in [0.25, 0.3) is 5.69 Å². The normalized spacial score (nSPS) is 29.8. The fourth-order valence-electron chi connectivity index (χ4n) is 7.03. The highest BCUT2D eigenvalue weighted by atomic mass is 32.2. The van der Waals surface area contributed by atoms with Crippen molar-refractivity contribution in [2.45, 2.75) is 75.4 Å². The largest absolute Gasteiger partial charge is 0.423 e. The van der Waals surface area contributed by atoms with Crippen molar-refractivity contribution in [3.05, 3.63) is 33.9 Å². The van der Waals surface area contributed by atoms with Gasteiger partial charge in [0.05, 0.1) is 20.8 Å². The lowest BCUT2D eigenvalue weighted by Gasteiger charge is -2.61. The molecule has 4 bridgehead atoms. The number of hydrogen-bond donors (Lipinski definition) is 2. The van der Waals surface area contributed by atoms with Crippen LogP contribution in [0.5, 0.6) is 0 Å². The molecule has 0 spiro atoms. The maximum absolute atomic E-state index is 13.4. The molecule has 5 rings (SSSR count). The van der Waals surface area contributed by atoms with Crippen LogP contribution in [0.1, 0.15) is 64.4 Å². The lowest BCUT2D eigenvalue weighted by atomic mass is 9.43. The monoisotopic (exact) mass is 531 g/mol. The molecule has 2 atom stereocenters. The molecule has 4 aliphatic rings. The van der Waals surface area contributed by atoms with E-state index in [9.17, 15) is 41.3 Å². The average molecular weight is 532 g/mol. The first-order valence-corrected chi connectivity index (χ1v) is 13.1. The molecule has 0 aromatic heterocycles. The number of rotatable bonds is 8. The van der Waals surface area contributed by atoms with Crippen LogP contribution in [0.25, 0.3) is 0 Å². The van der Waals surface area contributed by atoms with Crippen LogP contribution in [0, 0.1) is 32.8 Å². The molecule has 9 nitrogen and oxygen atoms in total. The van der Waals surface area contributed by atoms with Gasteiger partial charge >= 0.3 is 6.18 Å². The van der Waals surface area contributed by atoms with E-state index in [-0.39, 0.29) is 30.2 Å². The summed E-state index contributed by atoms with van der Waals surface area (Å²) in [5, 5.41) is 11.0. The zero-order chi connectivity index (χ0) is 26.9. The summed E-state index contributed by atoms with van der Waals surface area (Å²) < 4.78 is 68.1. The Morgan fingerprint density at radius 2 is 1.75 bits per heavy atom. The van der Waals surface area contributed by atoms with Crippen LogP contribution in [0.3, 0.4) is 0 Å². The molecule has 198 valence electrons. The summed E-state index contributed by atoms with van der Waals surface area (Å²) in [5.74, 6) is -0.280. The molecule has 2 unspecified atom stereocenters. The van der Waals surface area contributed by atoms with E-state index >= 15 is 0 Å². The Morgan fingerprint density at radius 1 is 1.17 bits per heavy atom. The fourth-order valence-corrected chi connectivity index (χ4v) is 8.45. The van der Waals surface area contributed by atoms with Gasteiger partial charge in [-0.2, -0.15) is 17.9 Å². The van der Waals surface area contributed by atoms with Crippen molar-refractivity contribution in [3.8, 4) is 0 Å². The van der Waals surface area contributed by atoms with Gasteiger partial charge in [-0.05, 0) is 81.8 Å². The second kappa shape index (κ2) is 8.23. The van der Waals surface area contributed by atoms with E-state index in [0.29, 0.717) is 31.4 Å². The predicted octanol–water partition coefficient (Wildman–Crippen LogP) is 3.70. The van der Waals surface area contributed by atoms with Gasteiger partial charge in [0.2, 0.25) is 15.9 Å². The molecule has 4 fully saturated rings.